The van der Waals surface area contributed by atoms with Gasteiger partial charge in [-0.3, -0.25) is 0 Å². The summed E-state index contributed by atoms with van der Waals surface area (Å²) in [5.74, 6) is 0. The van der Waals surface area contributed by atoms with Crippen molar-refractivity contribution in [3.8, 4) is 0 Å². The molecule has 90 valence electrons. The predicted octanol–water partition coefficient (Wildman–Crippen LogP) is 4.18. The summed E-state index contributed by atoms with van der Waals surface area (Å²) in [7, 11) is 1.66. The standard InChI is InChI=1S/C12H26N2O/c1-6-7-8-9-10-11(2)13-14-12(3,4)15-5/h11H,6-10H2,1-5H3/b14-13+. The molecule has 0 saturated heterocycles. The molecule has 0 radical (unpaired) electrons. The minimum Gasteiger partial charge on any atom is -0.356 e. The molecule has 0 amide bonds. The van der Waals surface area contributed by atoms with Crippen LogP contribution in [0.4, 0.5) is 0 Å². The highest BCUT2D eigenvalue weighted by molar-refractivity contribution is 4.64. The van der Waals surface area contributed by atoms with Gasteiger partial charge in [-0.05, 0) is 27.2 Å². The molecule has 0 aliphatic heterocycles. The van der Waals surface area contributed by atoms with Crippen molar-refractivity contribution in [2.24, 2.45) is 10.2 Å². The van der Waals surface area contributed by atoms with E-state index >= 15 is 0 Å². The van der Waals surface area contributed by atoms with Gasteiger partial charge >= 0.3 is 0 Å². The molecule has 0 aliphatic carbocycles. The Bertz CT molecular complexity index is 178. The fraction of sp³-hybridized carbons (Fsp3) is 1.00. The number of hydrogen-bond donors (Lipinski definition) is 0. The average Bonchev–Trinajstić information content (AvgIpc) is 2.22. The Morgan fingerprint density at radius 2 is 1.87 bits per heavy atom. The van der Waals surface area contributed by atoms with E-state index in [4.69, 9.17) is 4.74 Å². The van der Waals surface area contributed by atoms with E-state index in [1.165, 1.54) is 25.7 Å². The van der Waals surface area contributed by atoms with Crippen molar-refractivity contribution < 1.29 is 4.74 Å². The number of ether oxygens (including phenoxy) is 1. The van der Waals surface area contributed by atoms with E-state index in [9.17, 15) is 0 Å². The molecule has 1 atom stereocenters. The monoisotopic (exact) mass is 214 g/mol. The fourth-order valence-corrected chi connectivity index (χ4v) is 1.20. The summed E-state index contributed by atoms with van der Waals surface area (Å²) in [4.78, 5) is 0. The number of rotatable bonds is 8. The molecule has 0 aromatic heterocycles. The van der Waals surface area contributed by atoms with E-state index in [0.717, 1.165) is 6.42 Å². The molecule has 0 bridgehead atoms. The Kier molecular flexibility index (Phi) is 7.57. The van der Waals surface area contributed by atoms with Crippen LogP contribution in [0.3, 0.4) is 0 Å². The van der Waals surface area contributed by atoms with Crippen LogP contribution in [0.25, 0.3) is 0 Å². The molecular formula is C12H26N2O. The van der Waals surface area contributed by atoms with Gasteiger partial charge < -0.3 is 4.74 Å². The molecule has 0 aromatic rings. The van der Waals surface area contributed by atoms with Crippen LogP contribution in [0.1, 0.15) is 59.8 Å². The average molecular weight is 214 g/mol. The zero-order valence-electron chi connectivity index (χ0n) is 10.9. The third-order valence-electron chi connectivity index (χ3n) is 2.47. The smallest absolute Gasteiger partial charge is 0.172 e. The van der Waals surface area contributed by atoms with Gasteiger partial charge in [0.15, 0.2) is 5.72 Å². The van der Waals surface area contributed by atoms with Crippen molar-refractivity contribution in [3.63, 3.8) is 0 Å². The highest BCUT2D eigenvalue weighted by Gasteiger charge is 2.14. The third-order valence-corrected chi connectivity index (χ3v) is 2.47. The van der Waals surface area contributed by atoms with Crippen LogP contribution in [0.5, 0.6) is 0 Å². The van der Waals surface area contributed by atoms with Crippen LogP contribution in [-0.2, 0) is 4.74 Å². The normalized spacial score (nSPS) is 14.7. The molecule has 0 aliphatic rings. The molecule has 15 heavy (non-hydrogen) atoms. The molecule has 3 heteroatoms. The Morgan fingerprint density at radius 3 is 2.40 bits per heavy atom. The van der Waals surface area contributed by atoms with Gasteiger partial charge in [-0.1, -0.05) is 32.6 Å². The lowest BCUT2D eigenvalue weighted by Crippen LogP contribution is -2.18. The minimum absolute atomic E-state index is 0.316. The second kappa shape index (κ2) is 7.80. The molecule has 0 spiro atoms. The Labute approximate surface area is 94.3 Å². The lowest BCUT2D eigenvalue weighted by atomic mass is 10.1. The maximum Gasteiger partial charge on any atom is 0.172 e. The molecule has 0 N–H and O–H groups in total. The maximum atomic E-state index is 5.17. The SMILES string of the molecule is CCCCCCC(C)/N=N/C(C)(C)OC. The van der Waals surface area contributed by atoms with Crippen LogP contribution in [0.2, 0.25) is 0 Å². The van der Waals surface area contributed by atoms with E-state index in [0.29, 0.717) is 6.04 Å². The summed E-state index contributed by atoms with van der Waals surface area (Å²) in [5.41, 5.74) is -0.475. The molecule has 0 aromatic carbocycles. The Morgan fingerprint density at radius 1 is 1.20 bits per heavy atom. The summed E-state index contributed by atoms with van der Waals surface area (Å²) in [6.45, 7) is 8.17. The van der Waals surface area contributed by atoms with Gasteiger partial charge in [0.25, 0.3) is 0 Å². The van der Waals surface area contributed by atoms with Gasteiger partial charge in [-0.2, -0.15) is 10.2 Å². The van der Waals surface area contributed by atoms with E-state index in [1.54, 1.807) is 7.11 Å². The topological polar surface area (TPSA) is 34.0 Å². The second-order valence-electron chi connectivity index (χ2n) is 4.56. The molecule has 1 unspecified atom stereocenters. The quantitative estimate of drug-likeness (QED) is 0.441. The molecular weight excluding hydrogens is 188 g/mol. The van der Waals surface area contributed by atoms with Gasteiger partial charge in [-0.15, -0.1) is 0 Å². The number of hydrogen-bond acceptors (Lipinski definition) is 3. The lowest BCUT2D eigenvalue weighted by molar-refractivity contribution is 0.0230. The van der Waals surface area contributed by atoms with Crippen molar-refractivity contribution in [3.05, 3.63) is 0 Å². The van der Waals surface area contributed by atoms with Crippen molar-refractivity contribution in [1.29, 1.82) is 0 Å². The summed E-state index contributed by atoms with van der Waals surface area (Å²) in [6.07, 6.45) is 6.30. The van der Waals surface area contributed by atoms with Gasteiger partial charge in [0.2, 0.25) is 0 Å². The number of unbranched alkanes of at least 4 members (excludes halogenated alkanes) is 3. The summed E-state index contributed by atoms with van der Waals surface area (Å²) in [5, 5.41) is 8.44. The zero-order valence-corrected chi connectivity index (χ0v) is 10.9. The van der Waals surface area contributed by atoms with Gasteiger partial charge in [0.05, 0.1) is 6.04 Å². The zero-order chi connectivity index (χ0) is 11.7. The van der Waals surface area contributed by atoms with Crippen LogP contribution in [0.15, 0.2) is 10.2 Å². The molecule has 0 rings (SSSR count). The summed E-state index contributed by atoms with van der Waals surface area (Å²) in [6, 6.07) is 0.316. The first-order valence-corrected chi connectivity index (χ1v) is 5.99. The van der Waals surface area contributed by atoms with Crippen molar-refractivity contribution in [2.75, 3.05) is 7.11 Å². The molecule has 0 fully saturated rings. The number of nitrogens with zero attached hydrogens (tertiary/aromatic N) is 2. The largest absolute Gasteiger partial charge is 0.356 e. The highest BCUT2D eigenvalue weighted by Crippen LogP contribution is 2.13. The minimum atomic E-state index is -0.475. The van der Waals surface area contributed by atoms with Crippen molar-refractivity contribution >= 4 is 0 Å². The Balaban J connectivity index is 3.68. The van der Waals surface area contributed by atoms with Crippen LogP contribution >= 0.6 is 0 Å². The molecule has 3 nitrogen and oxygen atoms in total. The maximum absolute atomic E-state index is 5.17. The van der Waals surface area contributed by atoms with E-state index in [-0.39, 0.29) is 0 Å². The first kappa shape index (κ1) is 14.6. The Hall–Kier alpha value is -0.440. The van der Waals surface area contributed by atoms with Gasteiger partial charge in [-0.25, -0.2) is 0 Å². The number of azo groups is 1. The number of methoxy groups -OCH3 is 1. The predicted molar refractivity (Wildman–Crippen MR) is 64.2 cm³/mol. The summed E-state index contributed by atoms with van der Waals surface area (Å²) < 4.78 is 5.17. The summed E-state index contributed by atoms with van der Waals surface area (Å²) >= 11 is 0. The van der Waals surface area contributed by atoms with Crippen LogP contribution in [0, 0.1) is 0 Å². The van der Waals surface area contributed by atoms with Crippen molar-refractivity contribution in [1.82, 2.24) is 0 Å². The van der Waals surface area contributed by atoms with E-state index < -0.39 is 5.72 Å². The highest BCUT2D eigenvalue weighted by atomic mass is 16.5. The van der Waals surface area contributed by atoms with Gasteiger partial charge in [0, 0.05) is 7.11 Å². The van der Waals surface area contributed by atoms with Crippen molar-refractivity contribution in [2.45, 2.75) is 71.6 Å². The van der Waals surface area contributed by atoms with Gasteiger partial charge in [0.1, 0.15) is 0 Å². The molecule has 0 heterocycles. The lowest BCUT2D eigenvalue weighted by Gasteiger charge is -2.16. The van der Waals surface area contributed by atoms with Crippen LogP contribution < -0.4 is 0 Å². The third kappa shape index (κ3) is 8.55. The van der Waals surface area contributed by atoms with E-state index in [2.05, 4.69) is 24.1 Å². The van der Waals surface area contributed by atoms with Crippen LogP contribution in [-0.4, -0.2) is 18.9 Å². The molecule has 0 saturated carbocycles. The fourth-order valence-electron chi connectivity index (χ4n) is 1.20. The first-order valence-electron chi connectivity index (χ1n) is 5.99. The van der Waals surface area contributed by atoms with E-state index in [1.807, 2.05) is 13.8 Å². The second-order valence-corrected chi connectivity index (χ2v) is 4.56. The first-order chi connectivity index (χ1) is 7.02.